The lowest BCUT2D eigenvalue weighted by Gasteiger charge is -2.17. The monoisotopic (exact) mass is 363 g/mol. The molecule has 0 spiro atoms. The zero-order chi connectivity index (χ0) is 19.0. The predicted octanol–water partition coefficient (Wildman–Crippen LogP) is 2.57. The molecule has 0 unspecified atom stereocenters. The van der Waals surface area contributed by atoms with Gasteiger partial charge in [-0.15, -0.1) is 0 Å². The molecule has 1 aliphatic rings. The molecule has 0 aliphatic carbocycles. The van der Waals surface area contributed by atoms with E-state index in [1.807, 2.05) is 19.1 Å². The van der Waals surface area contributed by atoms with Gasteiger partial charge in [-0.25, -0.2) is 9.78 Å². The predicted molar refractivity (Wildman–Crippen MR) is 97.9 cm³/mol. The Morgan fingerprint density at radius 3 is 2.89 bits per heavy atom. The van der Waals surface area contributed by atoms with Crippen LogP contribution < -0.4 is 5.32 Å². The third-order valence-corrected chi connectivity index (χ3v) is 4.56. The summed E-state index contributed by atoms with van der Waals surface area (Å²) in [6, 6.07) is 10.6. The number of amides is 1. The summed E-state index contributed by atoms with van der Waals surface area (Å²) < 4.78 is 6.93. The van der Waals surface area contributed by atoms with E-state index in [0.717, 1.165) is 16.9 Å². The maximum absolute atomic E-state index is 12.4. The molecule has 3 aromatic rings. The highest BCUT2D eigenvalue weighted by Crippen LogP contribution is 2.23. The Labute approximate surface area is 155 Å². The summed E-state index contributed by atoms with van der Waals surface area (Å²) in [4.78, 5) is 40.2. The number of carbonyl (C=O) groups is 3. The van der Waals surface area contributed by atoms with Crippen LogP contribution in [0.15, 0.2) is 42.6 Å². The van der Waals surface area contributed by atoms with E-state index < -0.39 is 5.97 Å². The maximum atomic E-state index is 12.4. The number of benzene rings is 1. The Bertz CT molecular complexity index is 1080. The topological polar surface area (TPSA) is 89.8 Å². The van der Waals surface area contributed by atoms with Crippen LogP contribution in [0.5, 0.6) is 0 Å². The summed E-state index contributed by atoms with van der Waals surface area (Å²) in [5.41, 5.74) is 3.82. The molecule has 4 rings (SSSR count). The number of pyridine rings is 1. The first-order valence-electron chi connectivity index (χ1n) is 8.59. The first-order valence-corrected chi connectivity index (χ1v) is 8.59. The highest BCUT2D eigenvalue weighted by molar-refractivity contribution is 6.01. The van der Waals surface area contributed by atoms with Crippen molar-refractivity contribution in [3.05, 3.63) is 65.1 Å². The summed E-state index contributed by atoms with van der Waals surface area (Å²) in [6.07, 6.45) is 2.58. The number of esters is 1. The summed E-state index contributed by atoms with van der Waals surface area (Å²) in [7, 11) is 0. The molecular formula is C20H17N3O4. The number of nitrogens with one attached hydrogen (secondary N) is 1. The van der Waals surface area contributed by atoms with Gasteiger partial charge in [0, 0.05) is 29.6 Å². The molecule has 0 saturated carbocycles. The number of nitrogens with zero attached hydrogens (tertiary/aromatic N) is 2. The standard InChI is InChI=1S/C20H17N3O4/c1-12-3-2-4-18-21-16(10-23(12)18)20(26)27-11-17(24)14-5-7-15-13(9-14)6-8-19(25)22-15/h2-5,7,9-10H,6,8,11H2,1H3,(H,22,25). The average molecular weight is 363 g/mol. The van der Waals surface area contributed by atoms with Crippen LogP contribution in [-0.2, 0) is 16.0 Å². The molecular weight excluding hydrogens is 346 g/mol. The molecule has 2 aromatic heterocycles. The molecule has 0 atom stereocenters. The number of ether oxygens (including phenoxy) is 1. The molecule has 0 fully saturated rings. The van der Waals surface area contributed by atoms with Gasteiger partial charge in [-0.2, -0.15) is 0 Å². The van der Waals surface area contributed by atoms with Crippen LogP contribution >= 0.6 is 0 Å². The van der Waals surface area contributed by atoms with E-state index >= 15 is 0 Å². The number of fused-ring (bicyclic) bond motifs is 2. The van der Waals surface area contributed by atoms with Crippen LogP contribution in [0.4, 0.5) is 5.69 Å². The Morgan fingerprint density at radius 2 is 2.07 bits per heavy atom. The second kappa shape index (κ2) is 6.68. The van der Waals surface area contributed by atoms with E-state index in [0.29, 0.717) is 24.1 Å². The van der Waals surface area contributed by atoms with Gasteiger partial charge in [0.25, 0.3) is 0 Å². The summed E-state index contributed by atoms with van der Waals surface area (Å²) >= 11 is 0. The molecule has 0 bridgehead atoms. The number of rotatable bonds is 4. The minimum absolute atomic E-state index is 0.0294. The fourth-order valence-electron chi connectivity index (χ4n) is 3.09. The number of imidazole rings is 1. The number of ketones is 1. The van der Waals surface area contributed by atoms with Crippen molar-refractivity contribution in [1.82, 2.24) is 9.38 Å². The molecule has 136 valence electrons. The van der Waals surface area contributed by atoms with Crippen LogP contribution in [0.2, 0.25) is 0 Å². The van der Waals surface area contributed by atoms with E-state index in [-0.39, 0.29) is 24.0 Å². The zero-order valence-electron chi connectivity index (χ0n) is 14.7. The van der Waals surface area contributed by atoms with Crippen molar-refractivity contribution in [2.75, 3.05) is 11.9 Å². The lowest BCUT2D eigenvalue weighted by Crippen LogP contribution is -2.20. The highest BCUT2D eigenvalue weighted by Gasteiger charge is 2.19. The molecule has 1 amide bonds. The third kappa shape index (κ3) is 3.31. The van der Waals surface area contributed by atoms with Crippen molar-refractivity contribution in [3.63, 3.8) is 0 Å². The largest absolute Gasteiger partial charge is 0.453 e. The number of aryl methyl sites for hydroxylation is 2. The van der Waals surface area contributed by atoms with E-state index in [4.69, 9.17) is 4.74 Å². The van der Waals surface area contributed by atoms with Gasteiger partial charge in [-0.1, -0.05) is 6.07 Å². The Hall–Kier alpha value is -3.48. The first kappa shape index (κ1) is 17.0. The van der Waals surface area contributed by atoms with Gasteiger partial charge in [-0.05, 0) is 49.2 Å². The quantitative estimate of drug-likeness (QED) is 0.568. The van der Waals surface area contributed by atoms with Gasteiger partial charge in [0.15, 0.2) is 18.1 Å². The second-order valence-electron chi connectivity index (χ2n) is 6.44. The third-order valence-electron chi connectivity index (χ3n) is 4.56. The molecule has 1 N–H and O–H groups in total. The van der Waals surface area contributed by atoms with Gasteiger partial charge in [0.1, 0.15) is 5.65 Å². The van der Waals surface area contributed by atoms with Crippen molar-refractivity contribution in [2.24, 2.45) is 0 Å². The van der Waals surface area contributed by atoms with E-state index in [2.05, 4.69) is 10.3 Å². The molecule has 7 heteroatoms. The van der Waals surface area contributed by atoms with Crippen LogP contribution in [0.1, 0.15) is 38.5 Å². The fourth-order valence-corrected chi connectivity index (χ4v) is 3.09. The van der Waals surface area contributed by atoms with Crippen LogP contribution in [0.3, 0.4) is 0 Å². The summed E-state index contributed by atoms with van der Waals surface area (Å²) in [5.74, 6) is -0.974. The van der Waals surface area contributed by atoms with Crippen molar-refractivity contribution < 1.29 is 19.1 Å². The second-order valence-corrected chi connectivity index (χ2v) is 6.44. The molecule has 1 aliphatic heterocycles. The summed E-state index contributed by atoms with van der Waals surface area (Å²) in [5, 5.41) is 2.77. The Morgan fingerprint density at radius 1 is 1.22 bits per heavy atom. The van der Waals surface area contributed by atoms with E-state index in [1.165, 1.54) is 0 Å². The normalized spacial score (nSPS) is 13.1. The molecule has 27 heavy (non-hydrogen) atoms. The van der Waals surface area contributed by atoms with Gasteiger partial charge in [0.2, 0.25) is 5.91 Å². The first-order chi connectivity index (χ1) is 13.0. The zero-order valence-corrected chi connectivity index (χ0v) is 14.7. The molecule has 1 aromatic carbocycles. The van der Waals surface area contributed by atoms with Crippen molar-refractivity contribution >= 4 is 29.0 Å². The van der Waals surface area contributed by atoms with Gasteiger partial charge < -0.3 is 14.5 Å². The molecule has 0 radical (unpaired) electrons. The van der Waals surface area contributed by atoms with Crippen LogP contribution in [0, 0.1) is 6.92 Å². The number of Topliss-reactive ketones (excluding diaryl/α,β-unsaturated/α-hetero) is 1. The number of hydrogen-bond acceptors (Lipinski definition) is 5. The molecule has 0 saturated heterocycles. The lowest BCUT2D eigenvalue weighted by molar-refractivity contribution is -0.116. The van der Waals surface area contributed by atoms with Crippen molar-refractivity contribution in [1.29, 1.82) is 0 Å². The minimum Gasteiger partial charge on any atom is -0.453 e. The SMILES string of the molecule is Cc1cccc2nc(C(=O)OCC(=O)c3ccc4c(c3)CCC(=O)N4)cn12. The number of aromatic nitrogens is 2. The number of carbonyl (C=O) groups excluding carboxylic acids is 3. The van der Waals surface area contributed by atoms with Gasteiger partial charge in [-0.3, -0.25) is 9.59 Å². The van der Waals surface area contributed by atoms with Crippen molar-refractivity contribution in [3.8, 4) is 0 Å². The highest BCUT2D eigenvalue weighted by atomic mass is 16.5. The van der Waals surface area contributed by atoms with E-state index in [1.54, 1.807) is 34.9 Å². The van der Waals surface area contributed by atoms with Gasteiger partial charge in [0.05, 0.1) is 0 Å². The summed E-state index contributed by atoms with van der Waals surface area (Å²) in [6.45, 7) is 1.54. The molecule has 3 heterocycles. The Kier molecular flexibility index (Phi) is 4.19. The number of anilines is 1. The Balaban J connectivity index is 1.45. The van der Waals surface area contributed by atoms with E-state index in [9.17, 15) is 14.4 Å². The smallest absolute Gasteiger partial charge is 0.359 e. The fraction of sp³-hybridized carbons (Fsp3) is 0.200. The van der Waals surface area contributed by atoms with Crippen LogP contribution in [0.25, 0.3) is 5.65 Å². The van der Waals surface area contributed by atoms with Gasteiger partial charge >= 0.3 is 5.97 Å². The van der Waals surface area contributed by atoms with Crippen LogP contribution in [-0.4, -0.2) is 33.7 Å². The maximum Gasteiger partial charge on any atom is 0.359 e. The molecule has 7 nitrogen and oxygen atoms in total. The number of hydrogen-bond donors (Lipinski definition) is 1. The lowest BCUT2D eigenvalue weighted by atomic mass is 9.99. The minimum atomic E-state index is -0.642. The average Bonchev–Trinajstić information content (AvgIpc) is 3.11. The van der Waals surface area contributed by atoms with Crippen molar-refractivity contribution in [2.45, 2.75) is 19.8 Å².